The molecule has 7 nitrogen and oxygen atoms in total. The Morgan fingerprint density at radius 3 is 2.63 bits per heavy atom. The monoisotopic (exact) mass is 405 g/mol. The van der Waals surface area contributed by atoms with E-state index in [0.717, 1.165) is 12.8 Å². The number of benzene rings is 2. The first-order chi connectivity index (χ1) is 12.8. The summed E-state index contributed by atoms with van der Waals surface area (Å²) in [6.45, 7) is 0. The summed E-state index contributed by atoms with van der Waals surface area (Å²) < 4.78 is 33.1. The molecule has 0 saturated heterocycles. The van der Waals surface area contributed by atoms with Crippen LogP contribution in [0.25, 0.3) is 0 Å². The summed E-state index contributed by atoms with van der Waals surface area (Å²) in [5.74, 6) is -0.507. The Morgan fingerprint density at radius 1 is 1.33 bits per heavy atom. The van der Waals surface area contributed by atoms with Crippen molar-refractivity contribution in [1.29, 1.82) is 5.26 Å². The predicted octanol–water partition coefficient (Wildman–Crippen LogP) is 3.26. The molecule has 2 aromatic carbocycles. The highest BCUT2D eigenvalue weighted by molar-refractivity contribution is 7.92. The van der Waals surface area contributed by atoms with Gasteiger partial charge < -0.3 is 10.5 Å². The first kappa shape index (κ1) is 19.0. The fraction of sp³-hybridized carbons (Fsp3) is 0.222. The van der Waals surface area contributed by atoms with E-state index in [9.17, 15) is 13.2 Å². The molecule has 0 unspecified atom stereocenters. The van der Waals surface area contributed by atoms with Gasteiger partial charge in [0.15, 0.2) is 0 Å². The van der Waals surface area contributed by atoms with Crippen molar-refractivity contribution < 1.29 is 17.9 Å². The molecule has 0 atom stereocenters. The van der Waals surface area contributed by atoms with E-state index in [0.29, 0.717) is 5.56 Å². The zero-order valence-corrected chi connectivity index (χ0v) is 15.9. The number of carbonyl (C=O) groups excluding carboxylic acids is 1. The number of rotatable bonds is 5. The molecule has 0 radical (unpaired) electrons. The molecule has 9 heteroatoms. The number of nitrogen functional groups attached to an aromatic ring is 1. The minimum absolute atomic E-state index is 0.0132. The number of methoxy groups -OCH3 is 1. The number of nitrogens with two attached hydrogens (primary N) is 1. The van der Waals surface area contributed by atoms with E-state index < -0.39 is 16.0 Å². The minimum atomic E-state index is -4.06. The maximum Gasteiger partial charge on any atom is 0.337 e. The van der Waals surface area contributed by atoms with Crippen LogP contribution in [0.15, 0.2) is 35.2 Å². The summed E-state index contributed by atoms with van der Waals surface area (Å²) >= 11 is 5.91. The van der Waals surface area contributed by atoms with Crippen LogP contribution in [0.3, 0.4) is 0 Å². The van der Waals surface area contributed by atoms with Crippen LogP contribution in [0.4, 0.5) is 11.4 Å². The highest BCUT2D eigenvalue weighted by Crippen LogP contribution is 2.43. The van der Waals surface area contributed by atoms with E-state index >= 15 is 0 Å². The van der Waals surface area contributed by atoms with Crippen molar-refractivity contribution in [3.05, 3.63) is 52.0 Å². The number of sulfonamides is 1. The van der Waals surface area contributed by atoms with E-state index in [4.69, 9.17) is 22.6 Å². The molecular formula is C18H16ClN3O4S. The molecule has 0 aromatic heterocycles. The van der Waals surface area contributed by atoms with Gasteiger partial charge in [0.1, 0.15) is 6.07 Å². The van der Waals surface area contributed by atoms with Crippen LogP contribution in [-0.4, -0.2) is 21.5 Å². The average Bonchev–Trinajstić information content (AvgIpc) is 3.47. The van der Waals surface area contributed by atoms with Crippen LogP contribution in [0.2, 0.25) is 5.02 Å². The molecule has 1 aliphatic rings. The lowest BCUT2D eigenvalue weighted by molar-refractivity contribution is 0.0600. The van der Waals surface area contributed by atoms with Gasteiger partial charge in [0.2, 0.25) is 0 Å². The summed E-state index contributed by atoms with van der Waals surface area (Å²) in [5, 5.41) is 9.22. The molecule has 0 bridgehead atoms. The summed E-state index contributed by atoms with van der Waals surface area (Å²) in [7, 11) is -2.84. The highest BCUT2D eigenvalue weighted by Gasteiger charge is 2.31. The lowest BCUT2D eigenvalue weighted by atomic mass is 10.1. The SMILES string of the molecule is COC(=O)c1ccc(C2CC2)c(S(=O)(=O)Nc2cc(C#N)c(Cl)cc2N)c1. The van der Waals surface area contributed by atoms with Gasteiger partial charge in [0.25, 0.3) is 10.0 Å². The van der Waals surface area contributed by atoms with Gasteiger partial charge in [-0.05, 0) is 48.6 Å². The zero-order valence-electron chi connectivity index (χ0n) is 14.3. The van der Waals surface area contributed by atoms with Gasteiger partial charge in [-0.1, -0.05) is 17.7 Å². The number of anilines is 2. The van der Waals surface area contributed by atoms with Gasteiger partial charge in [-0.25, -0.2) is 13.2 Å². The van der Waals surface area contributed by atoms with Crippen molar-refractivity contribution in [1.82, 2.24) is 0 Å². The van der Waals surface area contributed by atoms with Crippen LogP contribution >= 0.6 is 11.6 Å². The third kappa shape index (κ3) is 3.84. The smallest absolute Gasteiger partial charge is 0.337 e. The lowest BCUT2D eigenvalue weighted by Gasteiger charge is -2.15. The number of nitriles is 1. The number of ether oxygens (including phenoxy) is 1. The molecule has 0 aliphatic heterocycles. The Labute approximate surface area is 161 Å². The number of hydrogen-bond acceptors (Lipinski definition) is 6. The predicted molar refractivity (Wildman–Crippen MR) is 101 cm³/mol. The quantitative estimate of drug-likeness (QED) is 0.581. The largest absolute Gasteiger partial charge is 0.465 e. The maximum absolute atomic E-state index is 13.0. The van der Waals surface area contributed by atoms with E-state index in [-0.39, 0.29) is 38.3 Å². The number of nitrogens with zero attached hydrogens (tertiary/aromatic N) is 1. The molecule has 2 aromatic rings. The molecule has 27 heavy (non-hydrogen) atoms. The Morgan fingerprint density at radius 2 is 2.04 bits per heavy atom. The van der Waals surface area contributed by atoms with Gasteiger partial charge in [0.05, 0.1) is 39.5 Å². The number of hydrogen-bond donors (Lipinski definition) is 2. The number of halogens is 1. The van der Waals surface area contributed by atoms with Gasteiger partial charge in [0, 0.05) is 0 Å². The van der Waals surface area contributed by atoms with Crippen molar-refractivity contribution in [2.75, 3.05) is 17.6 Å². The van der Waals surface area contributed by atoms with Crippen molar-refractivity contribution in [2.24, 2.45) is 0 Å². The Kier molecular flexibility index (Phi) is 5.00. The molecule has 140 valence electrons. The van der Waals surface area contributed by atoms with E-state index in [2.05, 4.69) is 9.46 Å². The van der Waals surface area contributed by atoms with Crippen LogP contribution in [0, 0.1) is 11.3 Å². The molecule has 1 fully saturated rings. The topological polar surface area (TPSA) is 122 Å². The number of nitrogens with one attached hydrogen (secondary N) is 1. The minimum Gasteiger partial charge on any atom is -0.465 e. The van der Waals surface area contributed by atoms with Crippen molar-refractivity contribution in [3.8, 4) is 6.07 Å². The van der Waals surface area contributed by atoms with Crippen molar-refractivity contribution in [2.45, 2.75) is 23.7 Å². The van der Waals surface area contributed by atoms with Gasteiger partial charge in [-0.3, -0.25) is 4.72 Å². The van der Waals surface area contributed by atoms with Crippen molar-refractivity contribution >= 4 is 39.0 Å². The fourth-order valence-electron chi connectivity index (χ4n) is 2.71. The van der Waals surface area contributed by atoms with E-state index in [1.807, 2.05) is 6.07 Å². The maximum atomic E-state index is 13.0. The van der Waals surface area contributed by atoms with Crippen LogP contribution in [-0.2, 0) is 14.8 Å². The van der Waals surface area contributed by atoms with Gasteiger partial charge in [-0.15, -0.1) is 0 Å². The third-order valence-electron chi connectivity index (χ3n) is 4.25. The van der Waals surface area contributed by atoms with Crippen LogP contribution in [0.1, 0.15) is 40.2 Å². The summed E-state index contributed by atoms with van der Waals surface area (Å²) in [6, 6.07) is 8.93. The zero-order chi connectivity index (χ0) is 19.8. The second-order valence-corrected chi connectivity index (χ2v) is 8.21. The van der Waals surface area contributed by atoms with Gasteiger partial charge in [-0.2, -0.15) is 5.26 Å². The lowest BCUT2D eigenvalue weighted by Crippen LogP contribution is -2.17. The summed E-state index contributed by atoms with van der Waals surface area (Å²) in [5.41, 5.74) is 6.82. The highest BCUT2D eigenvalue weighted by atomic mass is 35.5. The first-order valence-electron chi connectivity index (χ1n) is 8.01. The summed E-state index contributed by atoms with van der Waals surface area (Å²) in [4.78, 5) is 11.8. The van der Waals surface area contributed by atoms with Crippen LogP contribution < -0.4 is 10.5 Å². The normalized spacial score (nSPS) is 13.7. The molecule has 1 aliphatic carbocycles. The molecule has 3 rings (SSSR count). The van der Waals surface area contributed by atoms with E-state index in [1.54, 1.807) is 12.1 Å². The standard InChI is InChI=1S/C18H16ClN3O4S/c1-26-18(23)11-4-5-13(10-2-3-10)17(7-11)27(24,25)22-16-6-12(9-20)14(19)8-15(16)21/h4-8,10,22H,2-3,21H2,1H3. The Bertz CT molecular complexity index is 1070. The van der Waals surface area contributed by atoms with Crippen molar-refractivity contribution in [3.63, 3.8) is 0 Å². The second-order valence-electron chi connectivity index (χ2n) is 6.16. The first-order valence-corrected chi connectivity index (χ1v) is 9.87. The molecule has 0 amide bonds. The number of esters is 1. The van der Waals surface area contributed by atoms with Gasteiger partial charge >= 0.3 is 5.97 Å². The number of carbonyl (C=O) groups is 1. The average molecular weight is 406 g/mol. The second kappa shape index (κ2) is 7.10. The van der Waals surface area contributed by atoms with E-state index in [1.165, 1.54) is 25.3 Å². The molecule has 3 N–H and O–H groups in total. The fourth-order valence-corrected chi connectivity index (χ4v) is 4.32. The molecule has 0 heterocycles. The van der Waals surface area contributed by atoms with Crippen LogP contribution in [0.5, 0.6) is 0 Å². The Hall–Kier alpha value is -2.76. The molecule has 0 spiro atoms. The summed E-state index contributed by atoms with van der Waals surface area (Å²) in [6.07, 6.45) is 1.75. The third-order valence-corrected chi connectivity index (χ3v) is 5.98. The molecule has 1 saturated carbocycles. The Balaban J connectivity index is 2.07. The molecular weight excluding hydrogens is 390 g/mol.